The van der Waals surface area contributed by atoms with Crippen LogP contribution in [-0.2, 0) is 4.79 Å². The number of hydrogen-bond donors (Lipinski definition) is 2. The summed E-state index contributed by atoms with van der Waals surface area (Å²) >= 11 is 0. The molecule has 1 aromatic carbocycles. The van der Waals surface area contributed by atoms with Crippen LogP contribution in [0, 0.1) is 12.8 Å². The molecule has 2 amide bonds. The minimum absolute atomic E-state index is 0.0560. The summed E-state index contributed by atoms with van der Waals surface area (Å²) in [7, 11) is 0. The minimum Gasteiger partial charge on any atom is -0.380 e. The van der Waals surface area contributed by atoms with Gasteiger partial charge in [-0.15, -0.1) is 0 Å². The number of rotatable bonds is 3. The number of aryl methyl sites for hydroxylation is 1. The average molecular weight is 330 g/mol. The van der Waals surface area contributed by atoms with Gasteiger partial charge < -0.3 is 15.3 Å². The first-order chi connectivity index (χ1) is 11.4. The molecule has 1 aromatic rings. The highest BCUT2D eigenvalue weighted by Gasteiger charge is 2.42. The molecule has 0 radical (unpaired) electrons. The largest absolute Gasteiger partial charge is 0.380 e. The van der Waals surface area contributed by atoms with E-state index in [9.17, 15) is 14.7 Å². The Morgan fingerprint density at radius 1 is 1.25 bits per heavy atom. The van der Waals surface area contributed by atoms with E-state index in [-0.39, 0.29) is 11.8 Å². The van der Waals surface area contributed by atoms with Crippen molar-refractivity contribution in [1.29, 1.82) is 0 Å². The normalized spacial score (nSPS) is 20.4. The van der Waals surface area contributed by atoms with E-state index in [4.69, 9.17) is 0 Å². The van der Waals surface area contributed by atoms with E-state index >= 15 is 0 Å². The average Bonchev–Trinajstić information content (AvgIpc) is 2.54. The number of carbonyl (C=O) groups excluding carboxylic acids is 2. The highest BCUT2D eigenvalue weighted by Crippen LogP contribution is 2.33. The van der Waals surface area contributed by atoms with Gasteiger partial charge in [0, 0.05) is 24.3 Å². The van der Waals surface area contributed by atoms with Gasteiger partial charge in [-0.1, -0.05) is 6.92 Å². The van der Waals surface area contributed by atoms with E-state index < -0.39 is 5.60 Å². The zero-order valence-electron chi connectivity index (χ0n) is 14.5. The van der Waals surface area contributed by atoms with E-state index in [1.54, 1.807) is 12.1 Å². The summed E-state index contributed by atoms with van der Waals surface area (Å²) < 4.78 is 0. The second-order valence-corrected chi connectivity index (χ2v) is 7.34. The molecule has 1 aliphatic carbocycles. The number of anilines is 1. The molecule has 0 bridgehead atoms. The fourth-order valence-electron chi connectivity index (χ4n) is 3.31. The van der Waals surface area contributed by atoms with Crippen LogP contribution in [0.3, 0.4) is 0 Å². The number of likely N-dealkylation sites (tertiary alicyclic amines) is 1. The van der Waals surface area contributed by atoms with E-state index in [0.29, 0.717) is 30.0 Å². The Hall–Kier alpha value is -1.88. The quantitative estimate of drug-likeness (QED) is 0.895. The van der Waals surface area contributed by atoms with Crippen molar-refractivity contribution in [2.45, 2.75) is 51.6 Å². The Morgan fingerprint density at radius 2 is 1.92 bits per heavy atom. The van der Waals surface area contributed by atoms with Gasteiger partial charge in [-0.05, 0) is 68.7 Å². The third-order valence-corrected chi connectivity index (χ3v) is 5.40. The maximum atomic E-state index is 12.6. The maximum Gasteiger partial charge on any atom is 0.256 e. The number of nitrogens with one attached hydrogen (secondary N) is 1. The fraction of sp³-hybridized carbons (Fsp3) is 0.579. The van der Waals surface area contributed by atoms with Gasteiger partial charge in [-0.3, -0.25) is 9.59 Å². The first kappa shape index (κ1) is 17.0. The number of hydrogen-bond acceptors (Lipinski definition) is 3. The summed E-state index contributed by atoms with van der Waals surface area (Å²) in [5, 5.41) is 12.9. The fourth-order valence-corrected chi connectivity index (χ4v) is 3.31. The second kappa shape index (κ2) is 6.55. The van der Waals surface area contributed by atoms with Crippen LogP contribution in [0.5, 0.6) is 0 Å². The molecule has 2 fully saturated rings. The molecule has 130 valence electrons. The van der Waals surface area contributed by atoms with Crippen LogP contribution >= 0.6 is 0 Å². The lowest BCUT2D eigenvalue weighted by molar-refractivity contribution is -0.142. The summed E-state index contributed by atoms with van der Waals surface area (Å²) in [5.74, 6) is 0.395. The highest BCUT2D eigenvalue weighted by molar-refractivity contribution is 5.99. The first-order valence-electron chi connectivity index (χ1n) is 8.83. The summed E-state index contributed by atoms with van der Waals surface area (Å²) in [6.07, 6.45) is 4.02. The van der Waals surface area contributed by atoms with Gasteiger partial charge in [0.25, 0.3) is 11.8 Å². The molecule has 2 aliphatic rings. The third kappa shape index (κ3) is 3.31. The maximum absolute atomic E-state index is 12.6. The number of benzene rings is 1. The van der Waals surface area contributed by atoms with Crippen molar-refractivity contribution in [2.24, 2.45) is 5.92 Å². The van der Waals surface area contributed by atoms with Crippen LogP contribution in [0.15, 0.2) is 18.2 Å². The molecule has 1 heterocycles. The van der Waals surface area contributed by atoms with Crippen LogP contribution < -0.4 is 5.32 Å². The predicted octanol–water partition coefficient (Wildman–Crippen LogP) is 2.72. The molecule has 0 atom stereocenters. The third-order valence-electron chi connectivity index (χ3n) is 5.40. The van der Waals surface area contributed by atoms with Gasteiger partial charge >= 0.3 is 0 Å². The van der Waals surface area contributed by atoms with Crippen molar-refractivity contribution in [2.75, 3.05) is 18.4 Å². The van der Waals surface area contributed by atoms with Gasteiger partial charge in [-0.2, -0.15) is 0 Å². The molecule has 24 heavy (non-hydrogen) atoms. The zero-order valence-corrected chi connectivity index (χ0v) is 14.5. The molecule has 3 rings (SSSR count). The number of piperidine rings is 1. The molecule has 5 nitrogen and oxygen atoms in total. The zero-order chi connectivity index (χ0) is 17.3. The van der Waals surface area contributed by atoms with Crippen molar-refractivity contribution < 1.29 is 14.7 Å². The number of amides is 2. The molecule has 2 N–H and O–H groups in total. The number of carbonyl (C=O) groups is 2. The number of nitrogens with zero attached hydrogens (tertiary/aromatic N) is 1. The molecule has 1 saturated heterocycles. The van der Waals surface area contributed by atoms with Gasteiger partial charge in [0.05, 0.1) is 0 Å². The topological polar surface area (TPSA) is 69.6 Å². The Morgan fingerprint density at radius 3 is 2.46 bits per heavy atom. The van der Waals surface area contributed by atoms with E-state index in [1.165, 1.54) is 0 Å². The molecule has 1 aliphatic heterocycles. The Balaban J connectivity index is 1.68. The van der Waals surface area contributed by atoms with Crippen molar-refractivity contribution in [3.63, 3.8) is 0 Å². The molecule has 0 unspecified atom stereocenters. The lowest BCUT2D eigenvalue weighted by atomic mass is 9.79. The molecule has 0 aromatic heterocycles. The molecule has 0 spiro atoms. The van der Waals surface area contributed by atoms with Crippen LogP contribution in [0.4, 0.5) is 5.69 Å². The SMILES string of the molecule is Cc1cc(C(=O)N2CCC(C)CC2)ccc1NC(=O)C1(O)CCC1. The van der Waals surface area contributed by atoms with E-state index in [1.807, 2.05) is 17.9 Å². The van der Waals surface area contributed by atoms with E-state index in [0.717, 1.165) is 37.9 Å². The monoisotopic (exact) mass is 330 g/mol. The van der Waals surface area contributed by atoms with Gasteiger partial charge in [-0.25, -0.2) is 0 Å². The standard InChI is InChI=1S/C19H26N2O3/c1-13-6-10-21(11-7-13)17(22)15-4-5-16(14(2)12-15)20-18(23)19(24)8-3-9-19/h4-5,12-13,24H,3,6-11H2,1-2H3,(H,20,23). The Labute approximate surface area is 143 Å². The van der Waals surface area contributed by atoms with Crippen molar-refractivity contribution >= 4 is 17.5 Å². The summed E-state index contributed by atoms with van der Waals surface area (Å²) in [4.78, 5) is 26.6. The minimum atomic E-state index is -1.22. The Bertz CT molecular complexity index is 644. The van der Waals surface area contributed by atoms with E-state index in [2.05, 4.69) is 12.2 Å². The van der Waals surface area contributed by atoms with Crippen LogP contribution in [-0.4, -0.2) is 40.5 Å². The lowest BCUT2D eigenvalue weighted by Crippen LogP contribution is -2.48. The Kier molecular flexibility index (Phi) is 4.63. The molecule has 5 heteroatoms. The smallest absolute Gasteiger partial charge is 0.256 e. The van der Waals surface area contributed by atoms with Crippen molar-refractivity contribution in [3.05, 3.63) is 29.3 Å². The molecule has 1 saturated carbocycles. The first-order valence-corrected chi connectivity index (χ1v) is 8.83. The summed E-state index contributed by atoms with van der Waals surface area (Å²) in [6.45, 7) is 5.71. The van der Waals surface area contributed by atoms with Gasteiger partial charge in [0.2, 0.25) is 0 Å². The molecular formula is C19H26N2O3. The van der Waals surface area contributed by atoms with Crippen molar-refractivity contribution in [3.8, 4) is 0 Å². The van der Waals surface area contributed by atoms with Crippen LogP contribution in [0.2, 0.25) is 0 Å². The predicted molar refractivity (Wildman–Crippen MR) is 92.9 cm³/mol. The summed E-state index contributed by atoms with van der Waals surface area (Å²) in [6, 6.07) is 5.34. The van der Waals surface area contributed by atoms with Crippen LogP contribution in [0.1, 0.15) is 54.9 Å². The van der Waals surface area contributed by atoms with Crippen LogP contribution in [0.25, 0.3) is 0 Å². The van der Waals surface area contributed by atoms with Crippen molar-refractivity contribution in [1.82, 2.24) is 4.90 Å². The lowest BCUT2D eigenvalue weighted by Gasteiger charge is -2.34. The number of aliphatic hydroxyl groups is 1. The molecular weight excluding hydrogens is 304 g/mol. The highest BCUT2D eigenvalue weighted by atomic mass is 16.3. The summed E-state index contributed by atoms with van der Waals surface area (Å²) in [5.41, 5.74) is 0.930. The van der Waals surface area contributed by atoms with Gasteiger partial charge in [0.15, 0.2) is 0 Å². The second-order valence-electron chi connectivity index (χ2n) is 7.34. The van der Waals surface area contributed by atoms with Gasteiger partial charge in [0.1, 0.15) is 5.60 Å².